The van der Waals surface area contributed by atoms with E-state index >= 15 is 0 Å². The molecule has 1 aromatic rings. The number of carboxylic acid groups (broad SMARTS) is 1. The van der Waals surface area contributed by atoms with Crippen LogP contribution in [0.4, 0.5) is 4.39 Å². The van der Waals surface area contributed by atoms with Crippen LogP contribution in [-0.4, -0.2) is 41.4 Å². The van der Waals surface area contributed by atoms with E-state index in [-0.39, 0.29) is 17.7 Å². The molecule has 1 N–H and O–H groups in total. The molecule has 0 radical (unpaired) electrons. The summed E-state index contributed by atoms with van der Waals surface area (Å²) in [6.07, 6.45) is 3.73. The number of carbonyl (C=O) groups excluding carboxylic acids is 1. The normalized spacial score (nSPS) is 26.8. The van der Waals surface area contributed by atoms with Gasteiger partial charge >= 0.3 is 5.97 Å². The van der Waals surface area contributed by atoms with Crippen LogP contribution in [0, 0.1) is 17.7 Å². The van der Waals surface area contributed by atoms with Crippen molar-refractivity contribution in [3.05, 3.63) is 35.6 Å². The molecule has 2 aliphatic rings. The average molecular weight is 305 g/mol. The second kappa shape index (κ2) is 6.16. The standard InChI is InChI=1S/C17H20FNO3/c18-14-3-1-2-12(7-14)15-9-19(8-13(15)10-20)16(17(21)22)6-11-4-5-11/h1-3,7,10-11,13,15-16H,4-6,8-9H2,(H,21,22). The van der Waals surface area contributed by atoms with Gasteiger partial charge in [-0.05, 0) is 30.0 Å². The smallest absolute Gasteiger partial charge is 0.320 e. The highest BCUT2D eigenvalue weighted by Gasteiger charge is 2.41. The van der Waals surface area contributed by atoms with Gasteiger partial charge in [0.15, 0.2) is 0 Å². The van der Waals surface area contributed by atoms with Crippen LogP contribution in [0.3, 0.4) is 0 Å². The Morgan fingerprint density at radius 1 is 1.41 bits per heavy atom. The molecule has 0 spiro atoms. The fourth-order valence-electron chi connectivity index (χ4n) is 3.42. The zero-order valence-corrected chi connectivity index (χ0v) is 12.3. The van der Waals surface area contributed by atoms with Crippen LogP contribution in [-0.2, 0) is 9.59 Å². The van der Waals surface area contributed by atoms with E-state index in [4.69, 9.17) is 0 Å². The SMILES string of the molecule is O=CC1CN(C(CC2CC2)C(=O)O)CC1c1cccc(F)c1. The lowest BCUT2D eigenvalue weighted by atomic mass is 9.90. The van der Waals surface area contributed by atoms with Gasteiger partial charge < -0.3 is 9.90 Å². The lowest BCUT2D eigenvalue weighted by Gasteiger charge is -2.24. The first kappa shape index (κ1) is 15.2. The molecular formula is C17H20FNO3. The van der Waals surface area contributed by atoms with Crippen molar-refractivity contribution in [1.29, 1.82) is 0 Å². The Balaban J connectivity index is 1.78. The van der Waals surface area contributed by atoms with Gasteiger partial charge in [-0.2, -0.15) is 0 Å². The van der Waals surface area contributed by atoms with Crippen molar-refractivity contribution >= 4 is 12.3 Å². The number of rotatable bonds is 6. The predicted molar refractivity (Wildman–Crippen MR) is 79.0 cm³/mol. The van der Waals surface area contributed by atoms with Gasteiger partial charge in [-0.15, -0.1) is 0 Å². The maximum atomic E-state index is 13.4. The minimum absolute atomic E-state index is 0.130. The van der Waals surface area contributed by atoms with E-state index in [1.165, 1.54) is 12.1 Å². The molecule has 1 saturated heterocycles. The van der Waals surface area contributed by atoms with Crippen LogP contribution in [0.1, 0.15) is 30.7 Å². The summed E-state index contributed by atoms with van der Waals surface area (Å²) in [6, 6.07) is 5.73. The third-order valence-electron chi connectivity index (χ3n) is 4.82. The van der Waals surface area contributed by atoms with E-state index in [0.717, 1.165) is 24.7 Å². The number of hydrogen-bond donors (Lipinski definition) is 1. The summed E-state index contributed by atoms with van der Waals surface area (Å²) in [5.74, 6) is -1.05. The molecule has 1 aliphatic carbocycles. The minimum Gasteiger partial charge on any atom is -0.480 e. The largest absolute Gasteiger partial charge is 0.480 e. The number of benzene rings is 1. The number of halogens is 1. The summed E-state index contributed by atoms with van der Waals surface area (Å²) < 4.78 is 13.4. The van der Waals surface area contributed by atoms with E-state index in [9.17, 15) is 19.1 Å². The molecule has 0 bridgehead atoms. The van der Waals surface area contributed by atoms with Crippen molar-refractivity contribution in [2.24, 2.45) is 11.8 Å². The lowest BCUT2D eigenvalue weighted by molar-refractivity contribution is -0.143. The quantitative estimate of drug-likeness (QED) is 0.819. The highest BCUT2D eigenvalue weighted by Crippen LogP contribution is 2.38. The topological polar surface area (TPSA) is 57.6 Å². The highest BCUT2D eigenvalue weighted by atomic mass is 19.1. The van der Waals surface area contributed by atoms with Crippen LogP contribution in [0.2, 0.25) is 0 Å². The molecule has 2 fully saturated rings. The summed E-state index contributed by atoms with van der Waals surface area (Å²) in [4.78, 5) is 24.8. The van der Waals surface area contributed by atoms with E-state index < -0.39 is 12.0 Å². The number of carbonyl (C=O) groups is 2. The molecule has 1 aromatic carbocycles. The van der Waals surface area contributed by atoms with Gasteiger partial charge in [0.25, 0.3) is 0 Å². The average Bonchev–Trinajstić information content (AvgIpc) is 3.21. The van der Waals surface area contributed by atoms with Crippen molar-refractivity contribution in [2.45, 2.75) is 31.2 Å². The number of carboxylic acids is 1. The number of nitrogens with zero attached hydrogens (tertiary/aromatic N) is 1. The Bertz CT molecular complexity index is 573. The molecule has 118 valence electrons. The van der Waals surface area contributed by atoms with Gasteiger partial charge in [0.1, 0.15) is 18.1 Å². The van der Waals surface area contributed by atoms with Crippen molar-refractivity contribution in [3.8, 4) is 0 Å². The van der Waals surface area contributed by atoms with E-state index in [2.05, 4.69) is 0 Å². The van der Waals surface area contributed by atoms with Gasteiger partial charge in [0.05, 0.1) is 0 Å². The molecule has 0 amide bonds. The fraction of sp³-hybridized carbons (Fsp3) is 0.529. The van der Waals surface area contributed by atoms with Crippen molar-refractivity contribution < 1.29 is 19.1 Å². The Labute approximate surface area is 128 Å². The van der Waals surface area contributed by atoms with Crippen LogP contribution in [0.5, 0.6) is 0 Å². The van der Waals surface area contributed by atoms with Crippen molar-refractivity contribution in [3.63, 3.8) is 0 Å². The lowest BCUT2D eigenvalue weighted by Crippen LogP contribution is -2.40. The zero-order chi connectivity index (χ0) is 15.7. The second-order valence-corrected chi connectivity index (χ2v) is 6.45. The third-order valence-corrected chi connectivity index (χ3v) is 4.82. The maximum Gasteiger partial charge on any atom is 0.320 e. The number of likely N-dealkylation sites (tertiary alicyclic amines) is 1. The van der Waals surface area contributed by atoms with Crippen LogP contribution < -0.4 is 0 Å². The molecule has 3 unspecified atom stereocenters. The molecule has 3 atom stereocenters. The molecule has 0 aromatic heterocycles. The molecule has 1 saturated carbocycles. The molecule has 1 heterocycles. The first-order chi connectivity index (χ1) is 10.6. The summed E-state index contributed by atoms with van der Waals surface area (Å²) >= 11 is 0. The van der Waals surface area contributed by atoms with Gasteiger partial charge in [0, 0.05) is 24.9 Å². The van der Waals surface area contributed by atoms with Gasteiger partial charge in [-0.3, -0.25) is 9.69 Å². The summed E-state index contributed by atoms with van der Waals surface area (Å²) in [7, 11) is 0. The van der Waals surface area contributed by atoms with E-state index in [0.29, 0.717) is 25.4 Å². The predicted octanol–water partition coefficient (Wildman–Crippen LogP) is 2.29. The highest BCUT2D eigenvalue weighted by molar-refractivity contribution is 5.74. The fourth-order valence-corrected chi connectivity index (χ4v) is 3.42. The Hall–Kier alpha value is -1.75. The van der Waals surface area contributed by atoms with Crippen molar-refractivity contribution in [1.82, 2.24) is 4.90 Å². The van der Waals surface area contributed by atoms with Crippen molar-refractivity contribution in [2.75, 3.05) is 13.1 Å². The molecule has 3 rings (SSSR count). The first-order valence-electron chi connectivity index (χ1n) is 7.76. The van der Waals surface area contributed by atoms with Crippen LogP contribution >= 0.6 is 0 Å². The minimum atomic E-state index is -0.823. The zero-order valence-electron chi connectivity index (χ0n) is 12.3. The Kier molecular flexibility index (Phi) is 4.25. The van der Waals surface area contributed by atoms with E-state index in [1.54, 1.807) is 6.07 Å². The molecule has 22 heavy (non-hydrogen) atoms. The first-order valence-corrected chi connectivity index (χ1v) is 7.76. The number of hydrogen-bond acceptors (Lipinski definition) is 3. The number of aldehydes is 1. The van der Waals surface area contributed by atoms with Gasteiger partial charge in [0.2, 0.25) is 0 Å². The molecular weight excluding hydrogens is 285 g/mol. The summed E-state index contributed by atoms with van der Waals surface area (Å²) in [5, 5.41) is 9.48. The third kappa shape index (κ3) is 3.19. The monoisotopic (exact) mass is 305 g/mol. The maximum absolute atomic E-state index is 13.4. The Morgan fingerprint density at radius 2 is 2.18 bits per heavy atom. The molecule has 4 nitrogen and oxygen atoms in total. The Morgan fingerprint density at radius 3 is 2.77 bits per heavy atom. The molecule has 1 aliphatic heterocycles. The van der Waals surface area contributed by atoms with Crippen LogP contribution in [0.15, 0.2) is 24.3 Å². The van der Waals surface area contributed by atoms with Gasteiger partial charge in [-0.25, -0.2) is 4.39 Å². The second-order valence-electron chi connectivity index (χ2n) is 6.45. The van der Waals surface area contributed by atoms with E-state index in [1.807, 2.05) is 11.0 Å². The summed E-state index contributed by atoms with van der Waals surface area (Å²) in [6.45, 7) is 0.935. The van der Waals surface area contributed by atoms with Gasteiger partial charge in [-0.1, -0.05) is 25.0 Å². The molecule has 5 heteroatoms. The van der Waals surface area contributed by atoms with Crippen LogP contribution in [0.25, 0.3) is 0 Å². The number of aliphatic carboxylic acids is 1. The summed E-state index contributed by atoms with van der Waals surface area (Å²) in [5.41, 5.74) is 0.773.